The largest absolute Gasteiger partial charge is 0.462 e. The lowest BCUT2D eigenvalue weighted by Gasteiger charge is -2.23. The van der Waals surface area contributed by atoms with Gasteiger partial charge in [-0.1, -0.05) is 0 Å². The number of quaternary nitrogens is 1. The Morgan fingerprint density at radius 1 is 1.40 bits per heavy atom. The van der Waals surface area contributed by atoms with Crippen molar-refractivity contribution >= 4 is 28.2 Å². The van der Waals surface area contributed by atoms with Gasteiger partial charge in [0.25, 0.3) is 5.91 Å². The number of thiophene rings is 1. The molecule has 1 aromatic heterocycles. The molecule has 0 bridgehead atoms. The summed E-state index contributed by atoms with van der Waals surface area (Å²) in [7, 11) is 0. The first kappa shape index (κ1) is 18.3. The molecule has 0 spiro atoms. The van der Waals surface area contributed by atoms with Crippen molar-refractivity contribution in [2.45, 2.75) is 32.3 Å². The van der Waals surface area contributed by atoms with Gasteiger partial charge < -0.3 is 24.8 Å². The van der Waals surface area contributed by atoms with E-state index in [0.717, 1.165) is 36.4 Å². The third-order valence-corrected chi connectivity index (χ3v) is 5.84. The van der Waals surface area contributed by atoms with Crippen LogP contribution in [-0.4, -0.2) is 56.4 Å². The topological polar surface area (TPSA) is 89.3 Å². The molecular formula is C17H25N2O5S+. The van der Waals surface area contributed by atoms with Crippen LogP contribution in [0.25, 0.3) is 0 Å². The number of hydrogen-bond donors (Lipinski definition) is 3. The smallest absolute Gasteiger partial charge is 0.341 e. The van der Waals surface area contributed by atoms with Crippen molar-refractivity contribution in [3.63, 3.8) is 0 Å². The van der Waals surface area contributed by atoms with E-state index in [1.165, 1.54) is 16.2 Å². The fourth-order valence-electron chi connectivity index (χ4n) is 3.35. The summed E-state index contributed by atoms with van der Waals surface area (Å²) in [6, 6.07) is 0. The molecule has 1 atom stereocenters. The van der Waals surface area contributed by atoms with Crippen LogP contribution < -0.4 is 10.2 Å². The highest BCUT2D eigenvalue weighted by molar-refractivity contribution is 7.17. The molecule has 0 radical (unpaired) electrons. The average Bonchev–Trinajstić information content (AvgIpc) is 2.95. The summed E-state index contributed by atoms with van der Waals surface area (Å²) in [5, 5.41) is 13.6. The molecule has 1 aromatic rings. The van der Waals surface area contributed by atoms with Gasteiger partial charge in [0.15, 0.2) is 6.54 Å². The Labute approximate surface area is 150 Å². The Bertz CT molecular complexity index is 639. The summed E-state index contributed by atoms with van der Waals surface area (Å²) in [5.74, 6) is -0.557. The highest BCUT2D eigenvalue weighted by Gasteiger charge is 2.31. The number of aliphatic hydroxyl groups excluding tert-OH is 1. The number of ether oxygens (including phenoxy) is 2. The number of hydrogen-bond acceptors (Lipinski definition) is 6. The highest BCUT2D eigenvalue weighted by atomic mass is 32.1. The van der Waals surface area contributed by atoms with Crippen molar-refractivity contribution in [1.82, 2.24) is 0 Å². The number of aliphatic hydroxyl groups is 1. The first-order chi connectivity index (χ1) is 12.1. The summed E-state index contributed by atoms with van der Waals surface area (Å²) in [4.78, 5) is 26.8. The van der Waals surface area contributed by atoms with Gasteiger partial charge in [0, 0.05) is 4.88 Å². The molecule has 25 heavy (non-hydrogen) atoms. The van der Waals surface area contributed by atoms with Crippen LogP contribution in [0.4, 0.5) is 5.00 Å². The van der Waals surface area contributed by atoms with Crippen molar-refractivity contribution in [2.75, 3.05) is 44.8 Å². The Balaban J connectivity index is 1.79. The monoisotopic (exact) mass is 369 g/mol. The van der Waals surface area contributed by atoms with Crippen LogP contribution in [0.1, 0.15) is 46.7 Å². The van der Waals surface area contributed by atoms with Crippen molar-refractivity contribution in [3.8, 4) is 0 Å². The number of nitrogens with one attached hydrogen (secondary N) is 2. The molecule has 138 valence electrons. The van der Waals surface area contributed by atoms with Gasteiger partial charge in [0.05, 0.1) is 31.5 Å². The van der Waals surface area contributed by atoms with E-state index in [4.69, 9.17) is 9.47 Å². The molecule has 2 aliphatic rings. The second-order valence-corrected chi connectivity index (χ2v) is 7.42. The predicted molar refractivity (Wildman–Crippen MR) is 93.2 cm³/mol. The molecule has 1 saturated heterocycles. The maximum atomic E-state index is 12.4. The minimum absolute atomic E-state index is 0.129. The third kappa shape index (κ3) is 4.20. The van der Waals surface area contributed by atoms with E-state index in [1.54, 1.807) is 6.92 Å². The zero-order valence-corrected chi connectivity index (χ0v) is 15.2. The average molecular weight is 369 g/mol. The van der Waals surface area contributed by atoms with Gasteiger partial charge >= 0.3 is 5.97 Å². The summed E-state index contributed by atoms with van der Waals surface area (Å²) in [6.45, 7) is 5.31. The first-order valence-corrected chi connectivity index (χ1v) is 9.63. The zero-order chi connectivity index (χ0) is 17.8. The number of amides is 1. The van der Waals surface area contributed by atoms with Crippen molar-refractivity contribution < 1.29 is 29.1 Å². The number of anilines is 1. The Kier molecular flexibility index (Phi) is 6.06. The number of carbonyl (C=O) groups excluding carboxylic acids is 2. The summed E-state index contributed by atoms with van der Waals surface area (Å²) in [6.07, 6.45) is 1.66. The van der Waals surface area contributed by atoms with E-state index < -0.39 is 12.1 Å². The Morgan fingerprint density at radius 2 is 2.16 bits per heavy atom. The van der Waals surface area contributed by atoms with Crippen LogP contribution in [0.5, 0.6) is 0 Å². The van der Waals surface area contributed by atoms with E-state index in [1.807, 2.05) is 0 Å². The number of morpholine rings is 1. The number of esters is 1. The second kappa shape index (κ2) is 8.27. The molecule has 8 heteroatoms. The molecule has 3 N–H and O–H groups in total. The second-order valence-electron chi connectivity index (χ2n) is 6.36. The van der Waals surface area contributed by atoms with E-state index in [2.05, 4.69) is 5.32 Å². The van der Waals surface area contributed by atoms with Crippen LogP contribution in [0.15, 0.2) is 0 Å². The molecule has 2 heterocycles. The molecular weight excluding hydrogens is 344 g/mol. The minimum Gasteiger partial charge on any atom is -0.462 e. The van der Waals surface area contributed by atoms with E-state index >= 15 is 0 Å². The molecule has 1 aliphatic heterocycles. The Hall–Kier alpha value is -1.48. The van der Waals surface area contributed by atoms with Gasteiger partial charge in [-0.05, 0) is 31.7 Å². The van der Waals surface area contributed by atoms with Gasteiger partial charge in [0.2, 0.25) is 0 Å². The van der Waals surface area contributed by atoms with Crippen LogP contribution in [0.3, 0.4) is 0 Å². The van der Waals surface area contributed by atoms with E-state index in [-0.39, 0.29) is 12.5 Å². The van der Waals surface area contributed by atoms with E-state index in [0.29, 0.717) is 36.7 Å². The summed E-state index contributed by atoms with van der Waals surface area (Å²) < 4.78 is 10.5. The SMILES string of the molecule is CCOC(=O)c1c(NC(=O)C[NH+]2CCOCC2)sc2c1CCC[C@@H]2O. The van der Waals surface area contributed by atoms with Gasteiger partial charge in [-0.15, -0.1) is 11.3 Å². The molecule has 1 amide bonds. The fourth-order valence-corrected chi connectivity index (χ4v) is 4.62. The van der Waals surface area contributed by atoms with Gasteiger partial charge in [0.1, 0.15) is 18.1 Å². The van der Waals surface area contributed by atoms with Crippen LogP contribution >= 0.6 is 11.3 Å². The molecule has 7 nitrogen and oxygen atoms in total. The molecule has 3 rings (SSSR count). The maximum Gasteiger partial charge on any atom is 0.341 e. The summed E-state index contributed by atoms with van der Waals surface area (Å²) in [5.41, 5.74) is 1.25. The fraction of sp³-hybridized carbons (Fsp3) is 0.647. The van der Waals surface area contributed by atoms with Gasteiger partial charge in [-0.25, -0.2) is 4.79 Å². The zero-order valence-electron chi connectivity index (χ0n) is 14.4. The lowest BCUT2D eigenvalue weighted by molar-refractivity contribution is -0.899. The minimum atomic E-state index is -0.572. The maximum absolute atomic E-state index is 12.4. The molecule has 1 aliphatic carbocycles. The van der Waals surface area contributed by atoms with Crippen molar-refractivity contribution in [2.24, 2.45) is 0 Å². The molecule has 0 unspecified atom stereocenters. The third-order valence-electron chi connectivity index (χ3n) is 4.59. The number of rotatable bonds is 5. The first-order valence-electron chi connectivity index (χ1n) is 8.82. The summed E-state index contributed by atoms with van der Waals surface area (Å²) >= 11 is 1.30. The van der Waals surface area contributed by atoms with Gasteiger partial charge in [-0.2, -0.15) is 0 Å². The Morgan fingerprint density at radius 3 is 2.88 bits per heavy atom. The molecule has 0 saturated carbocycles. The predicted octanol–water partition coefficient (Wildman–Crippen LogP) is 0.148. The number of fused-ring (bicyclic) bond motifs is 1. The van der Waals surface area contributed by atoms with Crippen LogP contribution in [0.2, 0.25) is 0 Å². The van der Waals surface area contributed by atoms with Crippen molar-refractivity contribution in [1.29, 1.82) is 0 Å². The molecule has 1 fully saturated rings. The normalized spacial score (nSPS) is 20.8. The van der Waals surface area contributed by atoms with Crippen LogP contribution in [0, 0.1) is 0 Å². The van der Waals surface area contributed by atoms with Gasteiger partial charge in [-0.3, -0.25) is 4.79 Å². The van der Waals surface area contributed by atoms with Crippen molar-refractivity contribution in [3.05, 3.63) is 16.0 Å². The van der Waals surface area contributed by atoms with E-state index in [9.17, 15) is 14.7 Å². The standard InChI is InChI=1S/C17H24N2O5S/c1-2-24-17(22)14-11-4-3-5-12(20)15(11)25-16(14)18-13(21)10-19-6-8-23-9-7-19/h12,20H,2-10H2,1H3,(H,18,21)/p+1/t12-/m0/s1. The lowest BCUT2D eigenvalue weighted by atomic mass is 9.93. The quantitative estimate of drug-likeness (QED) is 0.643. The highest BCUT2D eigenvalue weighted by Crippen LogP contribution is 2.42. The lowest BCUT2D eigenvalue weighted by Crippen LogP contribution is -3.15. The number of carbonyl (C=O) groups is 2. The molecule has 0 aromatic carbocycles. The van der Waals surface area contributed by atoms with Crippen LogP contribution in [-0.2, 0) is 20.7 Å².